The van der Waals surface area contributed by atoms with Crippen LogP contribution in [0.5, 0.6) is 0 Å². The van der Waals surface area contributed by atoms with E-state index >= 15 is 0 Å². The van der Waals surface area contributed by atoms with Crippen molar-refractivity contribution in [3.63, 3.8) is 0 Å². The van der Waals surface area contributed by atoms with Gasteiger partial charge in [0.1, 0.15) is 0 Å². The van der Waals surface area contributed by atoms with Gasteiger partial charge in [0.25, 0.3) is 0 Å². The molecule has 0 aromatic heterocycles. The minimum absolute atomic E-state index is 0.212. The Bertz CT molecular complexity index is 411. The van der Waals surface area contributed by atoms with Gasteiger partial charge in [-0.2, -0.15) is 0 Å². The molecule has 5 heteroatoms. The molecule has 1 aromatic carbocycles. The fourth-order valence-corrected chi connectivity index (χ4v) is 5.15. The third-order valence-electron chi connectivity index (χ3n) is 3.55. The van der Waals surface area contributed by atoms with Crippen LogP contribution in [-0.4, -0.2) is 34.7 Å². The number of rotatable bonds is 13. The Balaban J connectivity index is 2.56. The Kier molecular flexibility index (Phi) is 10.1. The molecule has 0 aliphatic heterocycles. The van der Waals surface area contributed by atoms with E-state index in [9.17, 15) is 0 Å². The lowest BCUT2D eigenvalue weighted by atomic mass is 10.2. The SMILES string of the molecule is C=CC(CC[Si](OCC)(OCC)OCC)NCc1ccccc1. The summed E-state index contributed by atoms with van der Waals surface area (Å²) in [5.74, 6) is 0. The standard InChI is InChI=1S/C18H31NO3Si/c1-5-18(19-16-17-12-10-9-11-13-17)14-15-23(20-6-2,21-7-3)22-8-4/h5,9-13,18-19H,1,6-8,14-16H2,2-4H3. The fraction of sp³-hybridized carbons (Fsp3) is 0.556. The molecule has 4 nitrogen and oxygen atoms in total. The molecule has 130 valence electrons. The number of hydrogen-bond acceptors (Lipinski definition) is 4. The van der Waals surface area contributed by atoms with E-state index in [-0.39, 0.29) is 6.04 Å². The monoisotopic (exact) mass is 337 g/mol. The molecule has 0 aliphatic carbocycles. The van der Waals surface area contributed by atoms with Crippen LogP contribution in [0.2, 0.25) is 6.04 Å². The average molecular weight is 338 g/mol. The minimum atomic E-state index is -2.57. The second-order valence-corrected chi connectivity index (χ2v) is 7.96. The van der Waals surface area contributed by atoms with E-state index in [0.717, 1.165) is 19.0 Å². The minimum Gasteiger partial charge on any atom is -0.374 e. The summed E-state index contributed by atoms with van der Waals surface area (Å²) in [6, 6.07) is 11.4. The smallest absolute Gasteiger partial charge is 0.374 e. The van der Waals surface area contributed by atoms with Gasteiger partial charge in [-0.15, -0.1) is 6.58 Å². The zero-order chi connectivity index (χ0) is 17.0. The van der Waals surface area contributed by atoms with Gasteiger partial charge >= 0.3 is 8.80 Å². The Morgan fingerprint density at radius 1 is 1.04 bits per heavy atom. The summed E-state index contributed by atoms with van der Waals surface area (Å²) >= 11 is 0. The van der Waals surface area contributed by atoms with E-state index in [1.54, 1.807) is 0 Å². The lowest BCUT2D eigenvalue weighted by molar-refractivity contribution is 0.0703. The number of hydrogen-bond donors (Lipinski definition) is 1. The van der Waals surface area contributed by atoms with Crippen molar-refractivity contribution in [1.82, 2.24) is 5.32 Å². The normalized spacial score (nSPS) is 13.0. The molecule has 0 fully saturated rings. The predicted octanol–water partition coefficient (Wildman–Crippen LogP) is 3.77. The van der Waals surface area contributed by atoms with E-state index in [2.05, 4.69) is 36.2 Å². The van der Waals surface area contributed by atoms with Crippen molar-refractivity contribution in [3.8, 4) is 0 Å². The van der Waals surface area contributed by atoms with Crippen molar-refractivity contribution in [2.45, 2.75) is 45.8 Å². The van der Waals surface area contributed by atoms with Crippen LogP contribution in [-0.2, 0) is 19.8 Å². The van der Waals surface area contributed by atoms with Gasteiger partial charge in [-0.25, -0.2) is 0 Å². The maximum atomic E-state index is 5.90. The molecule has 1 rings (SSSR count). The predicted molar refractivity (Wildman–Crippen MR) is 97.3 cm³/mol. The molecule has 0 heterocycles. The highest BCUT2D eigenvalue weighted by molar-refractivity contribution is 6.60. The van der Waals surface area contributed by atoms with Crippen LogP contribution >= 0.6 is 0 Å². The molecular weight excluding hydrogens is 306 g/mol. The first kappa shape index (κ1) is 20.1. The van der Waals surface area contributed by atoms with Gasteiger partial charge in [0, 0.05) is 38.5 Å². The van der Waals surface area contributed by atoms with Crippen LogP contribution in [0.15, 0.2) is 43.0 Å². The van der Waals surface area contributed by atoms with Crippen LogP contribution in [0.4, 0.5) is 0 Å². The lowest BCUT2D eigenvalue weighted by Crippen LogP contribution is -2.47. The van der Waals surface area contributed by atoms with Crippen LogP contribution in [0.25, 0.3) is 0 Å². The van der Waals surface area contributed by atoms with E-state index in [1.165, 1.54) is 5.56 Å². The van der Waals surface area contributed by atoms with Gasteiger partial charge < -0.3 is 18.6 Å². The van der Waals surface area contributed by atoms with Gasteiger partial charge in [0.05, 0.1) is 0 Å². The van der Waals surface area contributed by atoms with Crippen molar-refractivity contribution in [3.05, 3.63) is 48.6 Å². The van der Waals surface area contributed by atoms with E-state index in [4.69, 9.17) is 13.3 Å². The van der Waals surface area contributed by atoms with E-state index < -0.39 is 8.80 Å². The summed E-state index contributed by atoms with van der Waals surface area (Å²) in [5, 5.41) is 3.52. The first-order valence-corrected chi connectivity index (χ1v) is 10.4. The zero-order valence-electron chi connectivity index (χ0n) is 14.7. The molecule has 1 aromatic rings. The molecule has 0 saturated heterocycles. The molecule has 0 amide bonds. The van der Waals surface area contributed by atoms with Gasteiger partial charge in [0.2, 0.25) is 0 Å². The summed E-state index contributed by atoms with van der Waals surface area (Å²) in [6.07, 6.45) is 2.84. The Morgan fingerprint density at radius 3 is 2.09 bits per heavy atom. The molecule has 0 bridgehead atoms. The maximum absolute atomic E-state index is 5.90. The van der Waals surface area contributed by atoms with Crippen molar-refractivity contribution in [2.24, 2.45) is 0 Å². The fourth-order valence-electron chi connectivity index (χ4n) is 2.48. The van der Waals surface area contributed by atoms with Gasteiger partial charge in [-0.1, -0.05) is 36.4 Å². The highest BCUT2D eigenvalue weighted by Gasteiger charge is 2.40. The molecule has 0 radical (unpaired) electrons. The highest BCUT2D eigenvalue weighted by Crippen LogP contribution is 2.20. The maximum Gasteiger partial charge on any atom is 0.500 e. The molecule has 0 saturated carbocycles. The number of benzene rings is 1. The summed E-state index contributed by atoms with van der Waals surface area (Å²) < 4.78 is 17.7. The van der Waals surface area contributed by atoms with Crippen molar-refractivity contribution in [2.75, 3.05) is 19.8 Å². The molecule has 1 atom stereocenters. The second kappa shape index (κ2) is 11.5. The summed E-state index contributed by atoms with van der Waals surface area (Å²) in [5.41, 5.74) is 1.27. The van der Waals surface area contributed by atoms with Crippen molar-refractivity contribution in [1.29, 1.82) is 0 Å². The summed E-state index contributed by atoms with van der Waals surface area (Å²) in [7, 11) is -2.57. The first-order chi connectivity index (χ1) is 11.2. The van der Waals surface area contributed by atoms with Gasteiger partial charge in [-0.05, 0) is 32.8 Å². The zero-order valence-corrected chi connectivity index (χ0v) is 15.7. The molecular formula is C18H31NO3Si. The Morgan fingerprint density at radius 2 is 1.61 bits per heavy atom. The molecule has 0 spiro atoms. The Labute approximate surface area is 142 Å². The quantitative estimate of drug-likeness (QED) is 0.439. The van der Waals surface area contributed by atoms with Crippen molar-refractivity contribution >= 4 is 8.80 Å². The van der Waals surface area contributed by atoms with Gasteiger partial charge in [-0.3, -0.25) is 0 Å². The lowest BCUT2D eigenvalue weighted by Gasteiger charge is -2.29. The van der Waals surface area contributed by atoms with Crippen LogP contribution in [0.1, 0.15) is 32.8 Å². The Hall–Kier alpha value is -0.983. The first-order valence-electron chi connectivity index (χ1n) is 8.51. The molecule has 23 heavy (non-hydrogen) atoms. The molecule has 1 unspecified atom stereocenters. The number of nitrogens with one attached hydrogen (secondary N) is 1. The van der Waals surface area contributed by atoms with Gasteiger partial charge in [0.15, 0.2) is 0 Å². The highest BCUT2D eigenvalue weighted by atomic mass is 28.4. The van der Waals surface area contributed by atoms with E-state index in [1.807, 2.05) is 32.9 Å². The molecule has 1 N–H and O–H groups in total. The van der Waals surface area contributed by atoms with E-state index in [0.29, 0.717) is 19.8 Å². The van der Waals surface area contributed by atoms with Crippen molar-refractivity contribution < 1.29 is 13.3 Å². The third kappa shape index (κ3) is 7.41. The topological polar surface area (TPSA) is 39.7 Å². The largest absolute Gasteiger partial charge is 0.500 e. The summed E-state index contributed by atoms with van der Waals surface area (Å²) in [6.45, 7) is 12.6. The van der Waals surface area contributed by atoms with Crippen LogP contribution in [0, 0.1) is 0 Å². The summed E-state index contributed by atoms with van der Waals surface area (Å²) in [4.78, 5) is 0. The average Bonchev–Trinajstić information content (AvgIpc) is 2.57. The van der Waals surface area contributed by atoms with Crippen LogP contribution in [0.3, 0.4) is 0 Å². The molecule has 0 aliphatic rings. The third-order valence-corrected chi connectivity index (χ3v) is 6.64. The second-order valence-electron chi connectivity index (χ2n) is 5.23. The van der Waals surface area contributed by atoms with Crippen LogP contribution < -0.4 is 5.32 Å².